The molecule has 0 radical (unpaired) electrons. The summed E-state index contributed by atoms with van der Waals surface area (Å²) in [5.74, 6) is 0.693. The molecule has 26 heavy (non-hydrogen) atoms. The molecule has 1 aromatic heterocycles. The number of amidine groups is 1. The van der Waals surface area contributed by atoms with Crippen LogP contribution in [0.3, 0.4) is 0 Å². The summed E-state index contributed by atoms with van der Waals surface area (Å²) >= 11 is 0. The zero-order chi connectivity index (χ0) is 20.5. The predicted molar refractivity (Wildman–Crippen MR) is 120 cm³/mol. The van der Waals surface area contributed by atoms with Gasteiger partial charge in [0.1, 0.15) is 0 Å². The van der Waals surface area contributed by atoms with Gasteiger partial charge in [0.25, 0.3) is 0 Å². The highest BCUT2D eigenvalue weighted by Crippen LogP contribution is 1.95. The van der Waals surface area contributed by atoms with E-state index in [2.05, 4.69) is 56.5 Å². The topological polar surface area (TPSA) is 67.1 Å². The summed E-state index contributed by atoms with van der Waals surface area (Å²) in [5, 5.41) is 0. The summed E-state index contributed by atoms with van der Waals surface area (Å²) in [6, 6.07) is 0. The molecule has 4 heteroatoms. The average molecular weight is 369 g/mol. The molecular formula is C22H48N4. The largest absolute Gasteiger partial charge is 0.388 e. The molecule has 1 aromatic rings. The van der Waals surface area contributed by atoms with Gasteiger partial charge in [-0.15, -0.1) is 0 Å². The molecule has 0 aliphatic heterocycles. The Bertz CT molecular complexity index is 335. The van der Waals surface area contributed by atoms with Crippen LogP contribution < -0.4 is 5.73 Å². The number of aromatic amines is 1. The molecule has 4 nitrogen and oxygen atoms in total. The molecule has 0 atom stereocenters. The third-order valence-corrected chi connectivity index (χ3v) is 3.47. The first-order chi connectivity index (χ1) is 12.5. The van der Waals surface area contributed by atoms with E-state index in [1.54, 1.807) is 6.33 Å². The van der Waals surface area contributed by atoms with Gasteiger partial charge in [-0.3, -0.25) is 4.99 Å². The lowest BCUT2D eigenvalue weighted by molar-refractivity contribution is 0.702. The summed E-state index contributed by atoms with van der Waals surface area (Å²) in [4.78, 5) is 10.8. The lowest BCUT2D eigenvalue weighted by atomic mass is 10.2. The third-order valence-electron chi connectivity index (χ3n) is 3.47. The van der Waals surface area contributed by atoms with Gasteiger partial charge in [-0.1, -0.05) is 92.9 Å². The number of nitrogens with one attached hydrogen (secondary N) is 1. The fraction of sp³-hybridized carbons (Fsp3) is 0.818. The number of imidazole rings is 1. The second-order valence-corrected chi connectivity index (χ2v) is 6.37. The van der Waals surface area contributed by atoms with Gasteiger partial charge in [-0.05, 0) is 19.8 Å². The van der Waals surface area contributed by atoms with Crippen LogP contribution in [-0.4, -0.2) is 22.3 Å². The number of nitrogens with two attached hydrogens (primary N) is 1. The van der Waals surface area contributed by atoms with Gasteiger partial charge in [0, 0.05) is 18.4 Å². The summed E-state index contributed by atoms with van der Waals surface area (Å²) in [6.07, 6.45) is 16.5. The van der Waals surface area contributed by atoms with Crippen LogP contribution >= 0.6 is 0 Å². The minimum Gasteiger partial charge on any atom is -0.388 e. The summed E-state index contributed by atoms with van der Waals surface area (Å²) in [7, 11) is 0. The number of rotatable bonds is 9. The number of H-pyrrole nitrogens is 1. The van der Waals surface area contributed by atoms with E-state index in [0.717, 1.165) is 19.4 Å². The Morgan fingerprint density at radius 1 is 0.885 bits per heavy atom. The molecule has 1 heterocycles. The summed E-state index contributed by atoms with van der Waals surface area (Å²) < 4.78 is 0. The van der Waals surface area contributed by atoms with Crippen LogP contribution in [0.15, 0.2) is 17.5 Å². The number of nitrogens with zero attached hydrogens (tertiary/aromatic N) is 2. The standard InChI is InChI=1S/C6H14N2.C6H14.C5H8N2.C5H12/c1-3-4-5-8-6(2)7;1-3-5-6-4-2;1-2-5-3-6-4-7-5;1-3-5-4-2/h3-5H2,1-2H3,(H2,7,8);3-6H2,1-2H3;3-4H,2H2,1H3,(H,6,7);3-5H2,1-2H3. The molecule has 0 unspecified atom stereocenters. The van der Waals surface area contributed by atoms with E-state index < -0.39 is 0 Å². The van der Waals surface area contributed by atoms with Gasteiger partial charge in [0.2, 0.25) is 0 Å². The molecule has 0 fully saturated rings. The molecule has 0 spiro atoms. The quantitative estimate of drug-likeness (QED) is 0.282. The van der Waals surface area contributed by atoms with Gasteiger partial charge in [-0.25, -0.2) is 4.98 Å². The number of aromatic nitrogens is 2. The second-order valence-electron chi connectivity index (χ2n) is 6.37. The van der Waals surface area contributed by atoms with Crippen molar-refractivity contribution in [2.24, 2.45) is 10.7 Å². The van der Waals surface area contributed by atoms with Crippen LogP contribution in [0.5, 0.6) is 0 Å². The Kier molecular flexibility index (Phi) is 32.3. The molecule has 1 rings (SSSR count). The number of aryl methyl sites for hydroxylation is 1. The van der Waals surface area contributed by atoms with Crippen molar-refractivity contribution in [3.8, 4) is 0 Å². The van der Waals surface area contributed by atoms with Crippen molar-refractivity contribution in [2.45, 2.75) is 113 Å². The molecule has 0 aliphatic carbocycles. The minimum absolute atomic E-state index is 0.693. The average Bonchev–Trinajstić information content (AvgIpc) is 3.16. The second kappa shape index (κ2) is 28.5. The van der Waals surface area contributed by atoms with Crippen molar-refractivity contribution in [3.63, 3.8) is 0 Å². The lowest BCUT2D eigenvalue weighted by Gasteiger charge is -1.89. The van der Waals surface area contributed by atoms with Crippen LogP contribution in [-0.2, 0) is 6.42 Å². The zero-order valence-electron chi connectivity index (χ0n) is 18.9. The van der Waals surface area contributed by atoms with E-state index in [-0.39, 0.29) is 0 Å². The highest BCUT2D eigenvalue weighted by molar-refractivity contribution is 5.77. The van der Waals surface area contributed by atoms with Crippen molar-refractivity contribution < 1.29 is 0 Å². The Hall–Kier alpha value is -1.32. The van der Waals surface area contributed by atoms with Gasteiger partial charge in [0.15, 0.2) is 0 Å². The Morgan fingerprint density at radius 2 is 1.38 bits per heavy atom. The third kappa shape index (κ3) is 34.1. The Labute approximate surface area is 164 Å². The first-order valence-corrected chi connectivity index (χ1v) is 10.8. The molecule has 0 bridgehead atoms. The van der Waals surface area contributed by atoms with Gasteiger partial charge < -0.3 is 10.7 Å². The monoisotopic (exact) mass is 368 g/mol. The normalized spacial score (nSPS) is 9.88. The molecule has 3 N–H and O–H groups in total. The predicted octanol–water partition coefficient (Wildman–Crippen LogP) is 6.92. The van der Waals surface area contributed by atoms with Gasteiger partial charge in [-0.2, -0.15) is 0 Å². The molecule has 0 amide bonds. The van der Waals surface area contributed by atoms with Crippen LogP contribution in [0.4, 0.5) is 0 Å². The summed E-state index contributed by atoms with van der Waals surface area (Å²) in [5.41, 5.74) is 6.48. The van der Waals surface area contributed by atoms with Gasteiger partial charge in [0.05, 0.1) is 12.2 Å². The van der Waals surface area contributed by atoms with Crippen LogP contribution in [0, 0.1) is 0 Å². The summed E-state index contributed by atoms with van der Waals surface area (Å²) in [6.45, 7) is 15.8. The number of hydrogen-bond donors (Lipinski definition) is 2. The number of hydrogen-bond acceptors (Lipinski definition) is 2. The van der Waals surface area contributed by atoms with Crippen molar-refractivity contribution in [3.05, 3.63) is 18.2 Å². The lowest BCUT2D eigenvalue weighted by Crippen LogP contribution is -2.05. The SMILES string of the molecule is CCCCC.CCCCCC.CCCCN=C(C)N.CCc1cnc[nH]1. The van der Waals surface area contributed by atoms with E-state index in [0.29, 0.717) is 5.84 Å². The molecule has 0 aromatic carbocycles. The zero-order valence-corrected chi connectivity index (χ0v) is 18.9. The molecular weight excluding hydrogens is 320 g/mol. The highest BCUT2D eigenvalue weighted by atomic mass is 14.9. The van der Waals surface area contributed by atoms with E-state index in [1.807, 2.05) is 13.1 Å². The maximum atomic E-state index is 5.28. The van der Waals surface area contributed by atoms with Crippen LogP contribution in [0.1, 0.15) is 112 Å². The maximum absolute atomic E-state index is 5.28. The fourth-order valence-corrected chi connectivity index (χ4v) is 1.75. The van der Waals surface area contributed by atoms with Crippen molar-refractivity contribution >= 4 is 5.84 Å². The Morgan fingerprint density at radius 3 is 1.62 bits per heavy atom. The first kappa shape index (κ1) is 29.4. The van der Waals surface area contributed by atoms with Crippen LogP contribution in [0.2, 0.25) is 0 Å². The Balaban J connectivity index is -0.000000275. The highest BCUT2D eigenvalue weighted by Gasteiger charge is 1.82. The van der Waals surface area contributed by atoms with E-state index in [1.165, 1.54) is 57.1 Å². The number of aliphatic imine (C=N–C) groups is 1. The minimum atomic E-state index is 0.693. The van der Waals surface area contributed by atoms with Gasteiger partial charge >= 0.3 is 0 Å². The molecule has 0 saturated heterocycles. The molecule has 0 aliphatic rings. The molecule has 0 saturated carbocycles. The smallest absolute Gasteiger partial charge is 0.0921 e. The number of unbranched alkanes of at least 4 members (excludes halogenated alkanes) is 6. The van der Waals surface area contributed by atoms with E-state index in [9.17, 15) is 0 Å². The molecule has 156 valence electrons. The van der Waals surface area contributed by atoms with Crippen molar-refractivity contribution in [1.29, 1.82) is 0 Å². The fourth-order valence-electron chi connectivity index (χ4n) is 1.75. The first-order valence-electron chi connectivity index (χ1n) is 10.8. The van der Waals surface area contributed by atoms with E-state index in [4.69, 9.17) is 5.73 Å². The van der Waals surface area contributed by atoms with Crippen LogP contribution in [0.25, 0.3) is 0 Å². The maximum Gasteiger partial charge on any atom is 0.0921 e. The van der Waals surface area contributed by atoms with Crippen molar-refractivity contribution in [1.82, 2.24) is 9.97 Å². The van der Waals surface area contributed by atoms with Crippen molar-refractivity contribution in [2.75, 3.05) is 6.54 Å². The van der Waals surface area contributed by atoms with E-state index >= 15 is 0 Å².